The predicted octanol–water partition coefficient (Wildman–Crippen LogP) is 2.66. The summed E-state index contributed by atoms with van der Waals surface area (Å²) in [6.07, 6.45) is 0.123. The molecule has 1 aliphatic heterocycles. The van der Waals surface area contributed by atoms with Gasteiger partial charge in [0.2, 0.25) is 0 Å². The lowest BCUT2D eigenvalue weighted by Crippen LogP contribution is -2.41. The second-order valence-corrected chi connectivity index (χ2v) is 7.51. The summed E-state index contributed by atoms with van der Waals surface area (Å²) in [7, 11) is 0. The van der Waals surface area contributed by atoms with Gasteiger partial charge in [0.15, 0.2) is 11.9 Å². The zero-order valence-electron chi connectivity index (χ0n) is 15.3. The number of halogens is 2. The molecule has 3 atom stereocenters. The van der Waals surface area contributed by atoms with E-state index in [0.717, 1.165) is 16.6 Å². The number of nitrogens with zero attached hydrogens (tertiary/aromatic N) is 3. The second-order valence-electron chi connectivity index (χ2n) is 7.51. The Morgan fingerprint density at radius 2 is 1.97 bits per heavy atom. The van der Waals surface area contributed by atoms with Gasteiger partial charge in [-0.25, -0.2) is 18.4 Å². The minimum Gasteiger partial charge on any atom is -0.386 e. The maximum absolute atomic E-state index is 12.9. The lowest BCUT2D eigenvalue weighted by molar-refractivity contribution is -0.173. The van der Waals surface area contributed by atoms with Crippen LogP contribution in [0.2, 0.25) is 0 Å². The van der Waals surface area contributed by atoms with Gasteiger partial charge in [-0.3, -0.25) is 0 Å². The average Bonchev–Trinajstić information content (AvgIpc) is 3.27. The fraction of sp³-hybridized carbons (Fsp3) is 0.400. The third-order valence-electron chi connectivity index (χ3n) is 5.29. The van der Waals surface area contributed by atoms with E-state index in [9.17, 15) is 19.0 Å². The molecule has 0 amide bonds. The molecule has 2 unspecified atom stereocenters. The molecule has 3 heterocycles. The number of benzene rings is 1. The number of hydrogen-bond donors (Lipinski definition) is 2. The third-order valence-corrected chi connectivity index (χ3v) is 5.29. The smallest absolute Gasteiger partial charge is 0.253 e. The molecular formula is C20H19F2N3O4. The largest absolute Gasteiger partial charge is 0.386 e. The van der Waals surface area contributed by atoms with Gasteiger partial charge in [0.05, 0.1) is 24.6 Å². The van der Waals surface area contributed by atoms with Crippen LogP contribution >= 0.6 is 0 Å². The van der Waals surface area contributed by atoms with E-state index in [2.05, 4.69) is 10.1 Å². The molecule has 1 aromatic carbocycles. The van der Waals surface area contributed by atoms with Crippen molar-refractivity contribution in [2.75, 3.05) is 6.61 Å². The number of aliphatic hydroxyl groups is 2. The van der Waals surface area contributed by atoms with Gasteiger partial charge in [0.1, 0.15) is 12.2 Å². The van der Waals surface area contributed by atoms with Gasteiger partial charge in [0, 0.05) is 30.0 Å². The van der Waals surface area contributed by atoms with Crippen LogP contribution in [0.4, 0.5) is 8.78 Å². The first kappa shape index (κ1) is 18.6. The molecule has 2 aliphatic rings. The van der Waals surface area contributed by atoms with Gasteiger partial charge in [-0.15, -0.1) is 0 Å². The Bertz CT molecular complexity index is 1030. The highest BCUT2D eigenvalue weighted by molar-refractivity contribution is 5.76. The van der Waals surface area contributed by atoms with E-state index in [1.807, 2.05) is 24.3 Å². The molecule has 1 saturated carbocycles. The van der Waals surface area contributed by atoms with Crippen LogP contribution in [0.25, 0.3) is 16.7 Å². The number of rotatable bonds is 6. The van der Waals surface area contributed by atoms with Gasteiger partial charge in [-0.05, 0) is 23.8 Å². The summed E-state index contributed by atoms with van der Waals surface area (Å²) >= 11 is 0. The molecule has 5 rings (SSSR count). The van der Waals surface area contributed by atoms with Crippen LogP contribution in [0.5, 0.6) is 0 Å². The second kappa shape index (κ2) is 6.81. The van der Waals surface area contributed by atoms with Crippen LogP contribution in [0.15, 0.2) is 42.7 Å². The molecule has 0 radical (unpaired) electrons. The number of ether oxygens (including phenoxy) is 2. The molecule has 152 valence electrons. The predicted molar refractivity (Wildman–Crippen MR) is 97.6 cm³/mol. The molecular weight excluding hydrogens is 384 g/mol. The molecule has 29 heavy (non-hydrogen) atoms. The molecule has 0 bridgehead atoms. The Morgan fingerprint density at radius 1 is 1.24 bits per heavy atom. The van der Waals surface area contributed by atoms with Crippen LogP contribution < -0.4 is 0 Å². The summed E-state index contributed by atoms with van der Waals surface area (Å²) < 4.78 is 37.8. The number of alkyl halides is 2. The van der Waals surface area contributed by atoms with E-state index in [1.165, 1.54) is 6.20 Å². The summed E-state index contributed by atoms with van der Waals surface area (Å²) in [5.74, 6) is -2.64. The monoisotopic (exact) mass is 403 g/mol. The fourth-order valence-corrected chi connectivity index (χ4v) is 3.51. The Balaban J connectivity index is 1.29. The highest BCUT2D eigenvalue weighted by Gasteiger charge is 2.46. The van der Waals surface area contributed by atoms with E-state index < -0.39 is 24.4 Å². The standard InChI is InChI=1S/C20H19F2N3O4/c21-20(22)6-15(7-20)28-10-16(26)12-5-13-9-24-25(18(13)23-8-12)14-3-1-11(2-4-14)17-19(27)29-17/h1-5,8-9,15-17,19,26-27H,6-7,10H2/t16-,17?,19?/m1/s1. The van der Waals surface area contributed by atoms with Crippen molar-refractivity contribution in [1.82, 2.24) is 14.8 Å². The van der Waals surface area contributed by atoms with E-state index in [0.29, 0.717) is 11.2 Å². The van der Waals surface area contributed by atoms with Crippen LogP contribution in [0.3, 0.4) is 0 Å². The minimum atomic E-state index is -2.64. The summed E-state index contributed by atoms with van der Waals surface area (Å²) in [6.45, 7) is -0.0569. The van der Waals surface area contributed by atoms with Gasteiger partial charge in [-0.1, -0.05) is 12.1 Å². The highest BCUT2D eigenvalue weighted by atomic mass is 19.3. The van der Waals surface area contributed by atoms with E-state index in [4.69, 9.17) is 9.47 Å². The van der Waals surface area contributed by atoms with Crippen molar-refractivity contribution in [3.05, 3.63) is 53.9 Å². The zero-order valence-corrected chi connectivity index (χ0v) is 15.3. The van der Waals surface area contributed by atoms with Crippen LogP contribution in [0, 0.1) is 0 Å². The Kier molecular flexibility index (Phi) is 4.36. The number of aromatic nitrogens is 3. The van der Waals surface area contributed by atoms with Crippen molar-refractivity contribution < 1.29 is 28.5 Å². The Hall–Kier alpha value is -2.46. The molecule has 3 aromatic rings. The quantitative estimate of drug-likeness (QED) is 0.615. The summed E-state index contributed by atoms with van der Waals surface area (Å²) in [5.41, 5.74) is 2.85. The molecule has 0 spiro atoms. The van der Waals surface area contributed by atoms with Crippen molar-refractivity contribution in [3.8, 4) is 5.69 Å². The molecule has 1 saturated heterocycles. The Labute approximate surface area is 164 Å². The average molecular weight is 403 g/mol. The molecule has 9 heteroatoms. The maximum Gasteiger partial charge on any atom is 0.253 e. The molecule has 2 fully saturated rings. The van der Waals surface area contributed by atoms with Crippen LogP contribution in [-0.2, 0) is 9.47 Å². The van der Waals surface area contributed by atoms with Crippen molar-refractivity contribution >= 4 is 11.0 Å². The van der Waals surface area contributed by atoms with E-state index in [-0.39, 0.29) is 25.6 Å². The molecule has 7 nitrogen and oxygen atoms in total. The van der Waals surface area contributed by atoms with Crippen molar-refractivity contribution in [2.45, 2.75) is 43.4 Å². The summed E-state index contributed by atoms with van der Waals surface area (Å²) in [6, 6.07) is 9.22. The van der Waals surface area contributed by atoms with Crippen molar-refractivity contribution in [1.29, 1.82) is 0 Å². The first-order chi connectivity index (χ1) is 13.9. The topological polar surface area (TPSA) is 92.9 Å². The summed E-state index contributed by atoms with van der Waals surface area (Å²) in [4.78, 5) is 4.41. The maximum atomic E-state index is 12.9. The number of pyridine rings is 1. The van der Waals surface area contributed by atoms with Gasteiger partial charge >= 0.3 is 0 Å². The lowest BCUT2D eigenvalue weighted by Gasteiger charge is -2.35. The van der Waals surface area contributed by atoms with Crippen LogP contribution in [0.1, 0.15) is 36.2 Å². The van der Waals surface area contributed by atoms with Crippen LogP contribution in [-0.4, -0.2) is 49.9 Å². The number of fused-ring (bicyclic) bond motifs is 1. The van der Waals surface area contributed by atoms with Gasteiger partial charge < -0.3 is 19.7 Å². The fourth-order valence-electron chi connectivity index (χ4n) is 3.51. The van der Waals surface area contributed by atoms with Crippen molar-refractivity contribution in [2.24, 2.45) is 0 Å². The Morgan fingerprint density at radius 3 is 2.62 bits per heavy atom. The zero-order chi connectivity index (χ0) is 20.2. The first-order valence-electron chi connectivity index (χ1n) is 9.35. The molecule has 2 N–H and O–H groups in total. The lowest BCUT2D eigenvalue weighted by atomic mass is 9.91. The van der Waals surface area contributed by atoms with Gasteiger partial charge in [-0.2, -0.15) is 5.10 Å². The van der Waals surface area contributed by atoms with Crippen molar-refractivity contribution in [3.63, 3.8) is 0 Å². The minimum absolute atomic E-state index is 0.0569. The SMILES string of the molecule is OC1OC1c1ccc(-n2ncc3cc([C@H](O)COC4CC(F)(F)C4)cnc32)cc1. The normalized spacial score (nSPS) is 24.4. The van der Waals surface area contributed by atoms with E-state index in [1.54, 1.807) is 16.9 Å². The number of epoxide rings is 1. The van der Waals surface area contributed by atoms with Gasteiger partial charge in [0.25, 0.3) is 5.92 Å². The molecule has 1 aliphatic carbocycles. The molecule has 2 aromatic heterocycles. The highest BCUT2D eigenvalue weighted by Crippen LogP contribution is 2.39. The summed E-state index contributed by atoms with van der Waals surface area (Å²) in [5, 5.41) is 24.7. The first-order valence-corrected chi connectivity index (χ1v) is 9.35. The third kappa shape index (κ3) is 3.62. The number of aliphatic hydroxyl groups excluding tert-OH is 2. The number of hydrogen-bond acceptors (Lipinski definition) is 6. The van der Waals surface area contributed by atoms with E-state index >= 15 is 0 Å².